The van der Waals surface area contributed by atoms with E-state index in [9.17, 15) is 0 Å². The zero-order chi connectivity index (χ0) is 9.68. The van der Waals surface area contributed by atoms with Crippen molar-refractivity contribution in [3.63, 3.8) is 0 Å². The molecule has 1 aromatic rings. The van der Waals surface area contributed by atoms with Gasteiger partial charge in [-0.25, -0.2) is 9.97 Å². The second-order valence-corrected chi connectivity index (χ2v) is 3.63. The molecule has 72 valence electrons. The lowest BCUT2D eigenvalue weighted by Crippen LogP contribution is -1.93. The fourth-order valence-corrected chi connectivity index (χ4v) is 1.57. The van der Waals surface area contributed by atoms with Crippen molar-refractivity contribution < 1.29 is 0 Å². The van der Waals surface area contributed by atoms with Crippen LogP contribution in [0.5, 0.6) is 0 Å². The fraction of sp³-hybridized carbons (Fsp3) is 0.556. The molecule has 0 aliphatic rings. The molecule has 2 nitrogen and oxygen atoms in total. The Morgan fingerprint density at radius 3 is 2.62 bits per heavy atom. The van der Waals surface area contributed by atoms with Crippen molar-refractivity contribution in [2.75, 3.05) is 0 Å². The second kappa shape index (κ2) is 5.40. The summed E-state index contributed by atoms with van der Waals surface area (Å²) in [5, 5.41) is 0.658. The summed E-state index contributed by atoms with van der Waals surface area (Å²) in [6.45, 7) is 2.17. The zero-order valence-electron chi connectivity index (χ0n) is 7.56. The first-order chi connectivity index (χ1) is 6.22. The topological polar surface area (TPSA) is 25.8 Å². The summed E-state index contributed by atoms with van der Waals surface area (Å²) in [6, 6.07) is 1.77. The first-order valence-electron chi connectivity index (χ1n) is 4.41. The normalized spacial score (nSPS) is 10.4. The Bertz CT molecular complexity index is 256. The van der Waals surface area contributed by atoms with Crippen LogP contribution in [0.25, 0.3) is 0 Å². The predicted molar refractivity (Wildman–Crippen MR) is 55.3 cm³/mol. The van der Waals surface area contributed by atoms with Crippen LogP contribution in [0.4, 0.5) is 0 Å². The molecule has 0 unspecified atom stereocenters. The van der Waals surface area contributed by atoms with Crippen LogP contribution in [0.2, 0.25) is 10.4 Å². The molecule has 0 saturated heterocycles. The molecule has 0 bridgehead atoms. The number of rotatable bonds is 4. The average molecular weight is 219 g/mol. The lowest BCUT2D eigenvalue weighted by molar-refractivity contribution is 0.706. The van der Waals surface area contributed by atoms with E-state index in [4.69, 9.17) is 23.2 Å². The predicted octanol–water partition coefficient (Wildman–Crippen LogP) is 3.52. The van der Waals surface area contributed by atoms with E-state index >= 15 is 0 Å². The van der Waals surface area contributed by atoms with Crippen LogP contribution in [0, 0.1) is 0 Å². The van der Waals surface area contributed by atoms with Crippen molar-refractivity contribution in [2.45, 2.75) is 32.6 Å². The van der Waals surface area contributed by atoms with E-state index in [-0.39, 0.29) is 5.28 Å². The van der Waals surface area contributed by atoms with Gasteiger partial charge >= 0.3 is 0 Å². The highest BCUT2D eigenvalue weighted by Crippen LogP contribution is 2.12. The van der Waals surface area contributed by atoms with Gasteiger partial charge in [-0.2, -0.15) is 0 Å². The van der Waals surface area contributed by atoms with Gasteiger partial charge in [0, 0.05) is 5.69 Å². The molecule has 1 heterocycles. The summed E-state index contributed by atoms with van der Waals surface area (Å²) in [7, 11) is 0. The van der Waals surface area contributed by atoms with Crippen molar-refractivity contribution in [3.05, 3.63) is 22.2 Å². The third-order valence-corrected chi connectivity index (χ3v) is 2.12. The van der Waals surface area contributed by atoms with E-state index < -0.39 is 0 Å². The van der Waals surface area contributed by atoms with Crippen LogP contribution in [-0.4, -0.2) is 9.97 Å². The molecule has 0 saturated carbocycles. The Kier molecular flexibility index (Phi) is 4.46. The van der Waals surface area contributed by atoms with Gasteiger partial charge in [-0.05, 0) is 30.5 Å². The van der Waals surface area contributed by atoms with Crippen molar-refractivity contribution in [3.8, 4) is 0 Å². The standard InChI is InChI=1S/C9H12Cl2N2/c1-2-3-4-5-7-6-8(10)13-9(11)12-7/h6H,2-5H2,1H3. The highest BCUT2D eigenvalue weighted by molar-refractivity contribution is 6.31. The number of aromatic nitrogens is 2. The molecule has 0 spiro atoms. The molecule has 1 aromatic heterocycles. The number of halogens is 2. The minimum absolute atomic E-state index is 0.235. The molecule has 0 aliphatic carbocycles. The quantitative estimate of drug-likeness (QED) is 0.440. The molecule has 0 aliphatic heterocycles. The molecule has 0 amide bonds. The zero-order valence-corrected chi connectivity index (χ0v) is 9.07. The summed E-state index contributed by atoms with van der Waals surface area (Å²) in [5.41, 5.74) is 0.929. The van der Waals surface area contributed by atoms with Gasteiger partial charge in [-0.15, -0.1) is 0 Å². The van der Waals surface area contributed by atoms with Crippen LogP contribution in [0.15, 0.2) is 6.07 Å². The van der Waals surface area contributed by atoms with Crippen molar-refractivity contribution in [1.82, 2.24) is 9.97 Å². The van der Waals surface area contributed by atoms with Crippen LogP contribution in [0.1, 0.15) is 31.9 Å². The third kappa shape index (κ3) is 3.92. The lowest BCUT2D eigenvalue weighted by atomic mass is 10.1. The number of unbranched alkanes of at least 4 members (excludes halogenated alkanes) is 2. The number of nitrogens with zero attached hydrogens (tertiary/aromatic N) is 2. The Labute approximate surface area is 88.3 Å². The van der Waals surface area contributed by atoms with Gasteiger partial charge in [0.15, 0.2) is 0 Å². The van der Waals surface area contributed by atoms with E-state index in [1.807, 2.05) is 0 Å². The van der Waals surface area contributed by atoms with Gasteiger partial charge in [-0.3, -0.25) is 0 Å². The summed E-state index contributed by atoms with van der Waals surface area (Å²) in [5.74, 6) is 0. The maximum absolute atomic E-state index is 5.73. The number of hydrogen-bond donors (Lipinski definition) is 0. The Morgan fingerprint density at radius 1 is 1.23 bits per heavy atom. The average Bonchev–Trinajstić information content (AvgIpc) is 2.03. The monoisotopic (exact) mass is 218 g/mol. The minimum atomic E-state index is 0.235. The molecule has 0 radical (unpaired) electrons. The van der Waals surface area contributed by atoms with E-state index in [1.165, 1.54) is 12.8 Å². The van der Waals surface area contributed by atoms with Gasteiger partial charge in [0.05, 0.1) is 0 Å². The van der Waals surface area contributed by atoms with Gasteiger partial charge in [0.2, 0.25) is 5.28 Å². The maximum Gasteiger partial charge on any atom is 0.224 e. The summed E-state index contributed by atoms with van der Waals surface area (Å²) in [6.07, 6.45) is 4.46. The largest absolute Gasteiger partial charge is 0.224 e. The van der Waals surface area contributed by atoms with Crippen LogP contribution in [-0.2, 0) is 6.42 Å². The first-order valence-corrected chi connectivity index (χ1v) is 5.17. The van der Waals surface area contributed by atoms with Gasteiger partial charge < -0.3 is 0 Å². The highest BCUT2D eigenvalue weighted by Gasteiger charge is 2.00. The van der Waals surface area contributed by atoms with E-state index in [0.29, 0.717) is 5.15 Å². The van der Waals surface area contributed by atoms with Crippen LogP contribution in [0.3, 0.4) is 0 Å². The number of hydrogen-bond acceptors (Lipinski definition) is 2. The lowest BCUT2D eigenvalue weighted by Gasteiger charge is -2.00. The molecule has 0 aromatic carbocycles. The van der Waals surface area contributed by atoms with Crippen molar-refractivity contribution in [2.24, 2.45) is 0 Å². The summed E-state index contributed by atoms with van der Waals surface area (Å²) < 4.78 is 0. The van der Waals surface area contributed by atoms with Crippen LogP contribution < -0.4 is 0 Å². The smallest absolute Gasteiger partial charge is 0.223 e. The second-order valence-electron chi connectivity index (χ2n) is 2.91. The Hall–Kier alpha value is -0.340. The molecule has 1 rings (SSSR count). The molecule has 4 heteroatoms. The van der Waals surface area contributed by atoms with Crippen molar-refractivity contribution >= 4 is 23.2 Å². The van der Waals surface area contributed by atoms with Gasteiger partial charge in [0.1, 0.15) is 5.15 Å². The minimum Gasteiger partial charge on any atom is -0.223 e. The molecule has 0 N–H and O–H groups in total. The maximum atomic E-state index is 5.73. The summed E-state index contributed by atoms with van der Waals surface area (Å²) in [4.78, 5) is 7.86. The molecular formula is C9H12Cl2N2. The first kappa shape index (κ1) is 10.7. The summed E-state index contributed by atoms with van der Waals surface area (Å²) >= 11 is 11.4. The highest BCUT2D eigenvalue weighted by atomic mass is 35.5. The Morgan fingerprint density at radius 2 is 2.00 bits per heavy atom. The Balaban J connectivity index is 2.56. The van der Waals surface area contributed by atoms with Gasteiger partial charge in [-0.1, -0.05) is 31.4 Å². The third-order valence-electron chi connectivity index (χ3n) is 1.76. The van der Waals surface area contributed by atoms with Crippen LogP contribution >= 0.6 is 23.2 Å². The van der Waals surface area contributed by atoms with E-state index in [2.05, 4.69) is 16.9 Å². The van der Waals surface area contributed by atoms with Gasteiger partial charge in [0.25, 0.3) is 0 Å². The fourth-order valence-electron chi connectivity index (χ4n) is 1.12. The molecule has 0 fully saturated rings. The van der Waals surface area contributed by atoms with Crippen molar-refractivity contribution in [1.29, 1.82) is 0 Å². The van der Waals surface area contributed by atoms with E-state index in [0.717, 1.165) is 18.5 Å². The molecule has 13 heavy (non-hydrogen) atoms. The SMILES string of the molecule is CCCCCc1cc(Cl)nc(Cl)n1. The number of aryl methyl sites for hydroxylation is 1. The molecule has 0 atom stereocenters. The van der Waals surface area contributed by atoms with E-state index in [1.54, 1.807) is 6.07 Å². The molecular weight excluding hydrogens is 207 g/mol.